The van der Waals surface area contributed by atoms with Crippen LogP contribution in [0.5, 0.6) is 0 Å². The molecule has 0 unspecified atom stereocenters. The van der Waals surface area contributed by atoms with Crippen molar-refractivity contribution in [2.45, 2.75) is 71.3 Å². The Labute approximate surface area is 182 Å². The van der Waals surface area contributed by atoms with E-state index >= 15 is 0 Å². The number of pyridine rings is 1. The number of ether oxygens (including phenoxy) is 1. The lowest BCUT2D eigenvalue weighted by Gasteiger charge is -2.44. The molecule has 2 rings (SSSR count). The summed E-state index contributed by atoms with van der Waals surface area (Å²) in [5.74, 6) is 0.649. The minimum Gasteiger partial charge on any atom is -0.444 e. The molecule has 1 saturated heterocycles. The molecule has 1 aromatic heterocycles. The van der Waals surface area contributed by atoms with E-state index in [9.17, 15) is 4.79 Å². The Kier molecular flexibility index (Phi) is 6.98. The van der Waals surface area contributed by atoms with E-state index in [1.807, 2.05) is 20.8 Å². The van der Waals surface area contributed by atoms with Crippen LogP contribution in [0.15, 0.2) is 12.3 Å². The van der Waals surface area contributed by atoms with Gasteiger partial charge in [0.2, 0.25) is 0 Å². The van der Waals surface area contributed by atoms with Crippen LogP contribution in [0.3, 0.4) is 0 Å². The van der Waals surface area contributed by atoms with Crippen LogP contribution >= 0.6 is 0 Å². The van der Waals surface area contributed by atoms with E-state index in [0.717, 1.165) is 0 Å². The number of carbonyl (C=O) groups excluding carboxylic acids is 1. The highest BCUT2D eigenvalue weighted by Crippen LogP contribution is 2.37. The molecule has 1 amide bonds. The van der Waals surface area contributed by atoms with Gasteiger partial charge in [0, 0.05) is 25.8 Å². The van der Waals surface area contributed by atoms with Crippen LogP contribution in [-0.2, 0) is 9.16 Å². The third-order valence-electron chi connectivity index (χ3n) is 5.86. The molecule has 0 spiro atoms. The molecular weight excluding hydrogens is 398 g/mol. The second kappa shape index (κ2) is 8.62. The minimum absolute atomic E-state index is 0.0813. The lowest BCUT2D eigenvalue weighted by atomic mass is 10.1. The summed E-state index contributed by atoms with van der Waals surface area (Å²) in [6.07, 6.45) is 1.34. The molecular formula is C21H39N5O3Si. The van der Waals surface area contributed by atoms with Crippen LogP contribution in [0.25, 0.3) is 0 Å². The molecule has 1 aromatic rings. The van der Waals surface area contributed by atoms with E-state index in [2.05, 4.69) is 43.7 Å². The van der Waals surface area contributed by atoms with Gasteiger partial charge < -0.3 is 25.5 Å². The number of carbonyl (C=O) groups is 1. The first-order valence-corrected chi connectivity index (χ1v) is 13.4. The van der Waals surface area contributed by atoms with Gasteiger partial charge in [-0.05, 0) is 45.0 Å². The molecule has 0 aliphatic carbocycles. The number of amides is 1. The van der Waals surface area contributed by atoms with Crippen molar-refractivity contribution in [1.29, 1.82) is 0 Å². The monoisotopic (exact) mass is 437 g/mol. The van der Waals surface area contributed by atoms with Crippen LogP contribution in [-0.4, -0.2) is 62.2 Å². The summed E-state index contributed by atoms with van der Waals surface area (Å²) in [5.41, 5.74) is 12.6. The summed E-state index contributed by atoms with van der Waals surface area (Å²) in [6.45, 7) is 18.7. The van der Waals surface area contributed by atoms with Gasteiger partial charge in [-0.15, -0.1) is 0 Å². The molecule has 9 heteroatoms. The molecule has 30 heavy (non-hydrogen) atoms. The zero-order valence-corrected chi connectivity index (χ0v) is 20.8. The van der Waals surface area contributed by atoms with E-state index < -0.39 is 13.9 Å². The molecule has 0 bridgehead atoms. The Hall–Kier alpha value is -2.00. The van der Waals surface area contributed by atoms with Gasteiger partial charge in [-0.3, -0.25) is 4.90 Å². The Morgan fingerprint density at radius 3 is 2.40 bits per heavy atom. The van der Waals surface area contributed by atoms with Crippen molar-refractivity contribution in [2.24, 2.45) is 0 Å². The van der Waals surface area contributed by atoms with Crippen LogP contribution in [0.4, 0.5) is 22.0 Å². The summed E-state index contributed by atoms with van der Waals surface area (Å²) < 4.78 is 12.1. The third kappa shape index (κ3) is 5.78. The first kappa shape index (κ1) is 24.3. The fraction of sp³-hybridized carbons (Fsp3) is 0.714. The summed E-state index contributed by atoms with van der Waals surface area (Å²) in [4.78, 5) is 21.2. The first-order chi connectivity index (χ1) is 13.6. The molecule has 1 fully saturated rings. The fourth-order valence-corrected chi connectivity index (χ4v) is 4.04. The van der Waals surface area contributed by atoms with Gasteiger partial charge in [-0.1, -0.05) is 20.8 Å². The van der Waals surface area contributed by atoms with Gasteiger partial charge in [-0.2, -0.15) is 0 Å². The van der Waals surface area contributed by atoms with Crippen molar-refractivity contribution >= 4 is 31.6 Å². The largest absolute Gasteiger partial charge is 0.444 e. The second-order valence-corrected chi connectivity index (χ2v) is 15.3. The maximum absolute atomic E-state index is 12.9. The first-order valence-electron chi connectivity index (χ1n) is 10.5. The van der Waals surface area contributed by atoms with Gasteiger partial charge in [-0.25, -0.2) is 9.78 Å². The maximum atomic E-state index is 12.9. The summed E-state index contributed by atoms with van der Waals surface area (Å²) in [6, 6.07) is 1.51. The highest BCUT2D eigenvalue weighted by atomic mass is 28.4. The molecule has 170 valence electrons. The predicted molar refractivity (Wildman–Crippen MR) is 125 cm³/mol. The average molecular weight is 438 g/mol. The number of piperazine rings is 1. The second-order valence-electron chi connectivity index (χ2n) is 10.5. The van der Waals surface area contributed by atoms with E-state index in [4.69, 9.17) is 20.6 Å². The maximum Gasteiger partial charge on any atom is 0.410 e. The number of hydrogen-bond acceptors (Lipinski definition) is 7. The number of anilines is 3. The quantitative estimate of drug-likeness (QED) is 0.692. The van der Waals surface area contributed by atoms with E-state index in [1.165, 1.54) is 0 Å². The Bertz CT molecular complexity index is 758. The number of aromatic nitrogens is 1. The lowest BCUT2D eigenvalue weighted by Crippen LogP contribution is -2.59. The van der Waals surface area contributed by atoms with Crippen LogP contribution in [0, 0.1) is 0 Å². The van der Waals surface area contributed by atoms with Crippen LogP contribution in [0.2, 0.25) is 18.1 Å². The molecule has 4 N–H and O–H groups in total. The Morgan fingerprint density at radius 2 is 1.83 bits per heavy atom. The zero-order chi connectivity index (χ0) is 22.9. The van der Waals surface area contributed by atoms with Gasteiger partial charge in [0.1, 0.15) is 5.60 Å². The topological polar surface area (TPSA) is 107 Å². The number of nitrogen functional groups attached to an aromatic ring is 2. The molecule has 0 aromatic carbocycles. The molecule has 1 aliphatic heterocycles. The van der Waals surface area contributed by atoms with Crippen LogP contribution in [0.1, 0.15) is 41.5 Å². The summed E-state index contributed by atoms with van der Waals surface area (Å²) in [7, 11) is -1.98. The number of rotatable bonds is 4. The van der Waals surface area contributed by atoms with Crippen molar-refractivity contribution in [1.82, 2.24) is 9.88 Å². The van der Waals surface area contributed by atoms with Gasteiger partial charge >= 0.3 is 6.09 Å². The minimum atomic E-state index is -1.98. The average Bonchev–Trinajstić information content (AvgIpc) is 2.59. The van der Waals surface area contributed by atoms with E-state index in [-0.39, 0.29) is 17.2 Å². The lowest BCUT2D eigenvalue weighted by molar-refractivity contribution is 0.00779. The van der Waals surface area contributed by atoms with E-state index in [1.54, 1.807) is 17.2 Å². The van der Waals surface area contributed by atoms with Crippen molar-refractivity contribution in [3.63, 3.8) is 0 Å². The molecule has 1 aliphatic rings. The van der Waals surface area contributed by atoms with Gasteiger partial charge in [0.15, 0.2) is 14.1 Å². The molecule has 1 atom stereocenters. The van der Waals surface area contributed by atoms with Crippen molar-refractivity contribution in [3.8, 4) is 0 Å². The van der Waals surface area contributed by atoms with Gasteiger partial charge in [0.25, 0.3) is 0 Å². The van der Waals surface area contributed by atoms with Gasteiger partial charge in [0.05, 0.1) is 24.0 Å². The SMILES string of the molecule is CC(C)(C)OC(=O)N1CCN(c2nccc(N)c2N)C[C@H]1CO[Si](C)(C)C(C)(C)C. The Balaban J connectivity index is 2.25. The van der Waals surface area contributed by atoms with Crippen LogP contribution < -0.4 is 16.4 Å². The predicted octanol–water partition coefficient (Wildman–Crippen LogP) is 3.69. The smallest absolute Gasteiger partial charge is 0.410 e. The molecule has 0 saturated carbocycles. The van der Waals surface area contributed by atoms with E-state index in [0.29, 0.717) is 43.4 Å². The number of hydrogen-bond donors (Lipinski definition) is 2. The van der Waals surface area contributed by atoms with Crippen molar-refractivity contribution in [2.75, 3.05) is 42.6 Å². The molecule has 0 radical (unpaired) electrons. The zero-order valence-electron chi connectivity index (χ0n) is 19.8. The summed E-state index contributed by atoms with van der Waals surface area (Å²) in [5, 5.41) is 0.0813. The number of nitrogens with zero attached hydrogens (tertiary/aromatic N) is 3. The normalized spacial score (nSPS) is 18.5. The highest BCUT2D eigenvalue weighted by Gasteiger charge is 2.40. The third-order valence-corrected chi connectivity index (χ3v) is 10.4. The summed E-state index contributed by atoms with van der Waals surface area (Å²) >= 11 is 0. The Morgan fingerprint density at radius 1 is 1.20 bits per heavy atom. The fourth-order valence-electron chi connectivity index (χ4n) is 3.00. The molecule has 2 heterocycles. The van der Waals surface area contributed by atoms with Crippen molar-refractivity contribution in [3.05, 3.63) is 12.3 Å². The van der Waals surface area contributed by atoms with Crippen molar-refractivity contribution < 1.29 is 14.0 Å². The standard InChI is InChI=1S/C21H39N5O3Si/c1-20(2,3)29-19(27)26-12-11-25(18-17(23)16(22)9-10-24-18)13-15(26)14-28-30(7,8)21(4,5)6/h9-10,15H,11-14,23H2,1-8H3,(H2,22,24)/t15-/m0/s1. The number of nitrogens with two attached hydrogens (primary N) is 2. The highest BCUT2D eigenvalue weighted by molar-refractivity contribution is 6.74. The molecule has 8 nitrogen and oxygen atoms in total.